The highest BCUT2D eigenvalue weighted by molar-refractivity contribution is 6.63. The number of carbonyl (C=O) groups is 2. The van der Waals surface area contributed by atoms with E-state index in [4.69, 9.17) is 16.3 Å². The zero-order chi connectivity index (χ0) is 14.4. The van der Waals surface area contributed by atoms with Crippen molar-refractivity contribution >= 4 is 22.6 Å². The summed E-state index contributed by atoms with van der Waals surface area (Å²) in [4.78, 5) is 21.1. The van der Waals surface area contributed by atoms with Crippen molar-refractivity contribution in [2.45, 2.75) is 33.1 Å². The summed E-state index contributed by atoms with van der Waals surface area (Å²) < 4.78 is 5.21. The van der Waals surface area contributed by atoms with Gasteiger partial charge in [-0.25, -0.2) is 0 Å². The molecule has 2 rings (SSSR count). The van der Waals surface area contributed by atoms with Crippen molar-refractivity contribution in [3.8, 4) is 5.75 Å². The highest BCUT2D eigenvalue weighted by atomic mass is 35.5. The van der Waals surface area contributed by atoms with Crippen LogP contribution in [0.3, 0.4) is 0 Å². The summed E-state index contributed by atoms with van der Waals surface area (Å²) in [5, 5.41) is -0.269. The molecule has 4 heteroatoms. The second-order valence-corrected chi connectivity index (χ2v) is 5.14. The Hall–Kier alpha value is -1.35. The molecule has 0 radical (unpaired) electrons. The van der Waals surface area contributed by atoms with Crippen LogP contribution in [0, 0.1) is 5.92 Å². The molecule has 1 aliphatic carbocycles. The number of ketones is 1. The molecule has 1 aromatic carbocycles. The van der Waals surface area contributed by atoms with Crippen molar-refractivity contribution in [2.24, 2.45) is 5.92 Å². The van der Waals surface area contributed by atoms with E-state index in [9.17, 15) is 9.59 Å². The van der Waals surface area contributed by atoms with Gasteiger partial charge >= 0.3 is 0 Å². The van der Waals surface area contributed by atoms with Gasteiger partial charge in [0.2, 0.25) is 5.24 Å². The van der Waals surface area contributed by atoms with Crippen molar-refractivity contribution in [3.63, 3.8) is 0 Å². The topological polar surface area (TPSA) is 43.4 Å². The number of ether oxygens (including phenoxy) is 1. The van der Waals surface area contributed by atoms with Crippen molar-refractivity contribution < 1.29 is 14.3 Å². The SMILES string of the molecule is CC(C)C(=O)Cl.COc1cccc2c1CC(=O)CC2. The molecule has 0 fully saturated rings. The Morgan fingerprint density at radius 2 is 1.95 bits per heavy atom. The Morgan fingerprint density at radius 3 is 2.47 bits per heavy atom. The van der Waals surface area contributed by atoms with Crippen LogP contribution < -0.4 is 4.74 Å². The Morgan fingerprint density at radius 1 is 1.32 bits per heavy atom. The quantitative estimate of drug-likeness (QED) is 0.783. The summed E-state index contributed by atoms with van der Waals surface area (Å²) in [6, 6.07) is 5.97. The van der Waals surface area contributed by atoms with Gasteiger partial charge in [-0.1, -0.05) is 26.0 Å². The third-order valence-corrected chi connectivity index (χ3v) is 3.39. The van der Waals surface area contributed by atoms with E-state index in [1.165, 1.54) is 5.56 Å². The van der Waals surface area contributed by atoms with Gasteiger partial charge in [0.05, 0.1) is 7.11 Å². The smallest absolute Gasteiger partial charge is 0.224 e. The lowest BCUT2D eigenvalue weighted by Crippen LogP contribution is -2.14. The second kappa shape index (κ2) is 7.29. The molecule has 0 saturated carbocycles. The van der Waals surface area contributed by atoms with E-state index in [-0.39, 0.29) is 11.2 Å². The van der Waals surface area contributed by atoms with E-state index in [0.717, 1.165) is 17.7 Å². The lowest BCUT2D eigenvalue weighted by Gasteiger charge is -2.17. The molecule has 0 bridgehead atoms. The van der Waals surface area contributed by atoms with E-state index >= 15 is 0 Å². The van der Waals surface area contributed by atoms with E-state index in [2.05, 4.69) is 6.07 Å². The molecule has 19 heavy (non-hydrogen) atoms. The van der Waals surface area contributed by atoms with E-state index in [1.54, 1.807) is 21.0 Å². The first-order valence-electron chi connectivity index (χ1n) is 6.31. The molecule has 1 aliphatic rings. The average Bonchev–Trinajstić information content (AvgIpc) is 2.38. The highest BCUT2D eigenvalue weighted by Crippen LogP contribution is 2.27. The maximum Gasteiger partial charge on any atom is 0.224 e. The molecule has 104 valence electrons. The number of halogens is 1. The van der Waals surface area contributed by atoms with Crippen LogP contribution in [0.5, 0.6) is 5.75 Å². The number of benzene rings is 1. The number of carbonyl (C=O) groups excluding carboxylic acids is 2. The number of hydrogen-bond acceptors (Lipinski definition) is 3. The zero-order valence-electron chi connectivity index (χ0n) is 11.5. The van der Waals surface area contributed by atoms with Crippen LogP contribution in [0.2, 0.25) is 0 Å². The van der Waals surface area contributed by atoms with Crippen LogP contribution >= 0.6 is 11.6 Å². The predicted molar refractivity (Wildman–Crippen MR) is 75.7 cm³/mol. The normalized spacial score (nSPS) is 13.4. The molecule has 0 spiro atoms. The minimum Gasteiger partial charge on any atom is -0.496 e. The van der Waals surface area contributed by atoms with Gasteiger partial charge in [0, 0.05) is 24.3 Å². The Kier molecular flexibility index (Phi) is 6.03. The van der Waals surface area contributed by atoms with Gasteiger partial charge in [-0.3, -0.25) is 9.59 Å². The third-order valence-electron chi connectivity index (χ3n) is 2.95. The summed E-state index contributed by atoms with van der Waals surface area (Å²) in [6.07, 6.45) is 2.09. The van der Waals surface area contributed by atoms with Crippen molar-refractivity contribution in [3.05, 3.63) is 29.3 Å². The molecule has 1 aromatic rings. The molecule has 0 atom stereocenters. The summed E-state index contributed by atoms with van der Waals surface area (Å²) in [6.45, 7) is 3.52. The highest BCUT2D eigenvalue weighted by Gasteiger charge is 2.18. The van der Waals surface area contributed by atoms with Gasteiger partial charge in [-0.2, -0.15) is 0 Å². The second-order valence-electron chi connectivity index (χ2n) is 4.77. The van der Waals surface area contributed by atoms with Gasteiger partial charge in [0.1, 0.15) is 11.5 Å². The summed E-state index contributed by atoms with van der Waals surface area (Å²) in [5.41, 5.74) is 2.35. The first-order valence-corrected chi connectivity index (χ1v) is 6.69. The maximum absolute atomic E-state index is 11.2. The lowest BCUT2D eigenvalue weighted by atomic mass is 9.90. The van der Waals surface area contributed by atoms with Crippen LogP contribution in [-0.4, -0.2) is 18.1 Å². The fourth-order valence-corrected chi connectivity index (χ4v) is 1.80. The monoisotopic (exact) mass is 282 g/mol. The third kappa shape index (κ3) is 4.67. The standard InChI is InChI=1S/C11H12O2.C4H7ClO/c1-13-11-4-2-3-8-5-6-9(12)7-10(8)11;1-3(2)4(5)6/h2-4H,5-7H2,1H3;3H,1-2H3. The summed E-state index contributed by atoms with van der Waals surface area (Å²) in [7, 11) is 1.65. The molecular weight excluding hydrogens is 264 g/mol. The number of hydrogen-bond donors (Lipinski definition) is 0. The van der Waals surface area contributed by atoms with Crippen molar-refractivity contribution in [1.29, 1.82) is 0 Å². The first kappa shape index (κ1) is 15.7. The summed E-state index contributed by atoms with van der Waals surface area (Å²) >= 11 is 4.97. The fourth-order valence-electron chi connectivity index (χ4n) is 1.80. The van der Waals surface area contributed by atoms with Crippen molar-refractivity contribution in [2.75, 3.05) is 7.11 Å². The largest absolute Gasteiger partial charge is 0.496 e. The fraction of sp³-hybridized carbons (Fsp3) is 0.467. The van der Waals surface area contributed by atoms with E-state index < -0.39 is 0 Å². The van der Waals surface area contributed by atoms with E-state index in [1.807, 2.05) is 12.1 Å². The molecule has 0 N–H and O–H groups in total. The van der Waals surface area contributed by atoms with Gasteiger partial charge < -0.3 is 4.74 Å². The molecule has 0 aromatic heterocycles. The molecule has 0 heterocycles. The Bertz CT molecular complexity index is 452. The molecule has 0 aliphatic heterocycles. The number of Topliss-reactive ketones (excluding diaryl/α,β-unsaturated/α-hetero) is 1. The van der Waals surface area contributed by atoms with Crippen LogP contribution in [0.4, 0.5) is 0 Å². The van der Waals surface area contributed by atoms with Gasteiger partial charge in [-0.15, -0.1) is 0 Å². The molecule has 0 saturated heterocycles. The first-order chi connectivity index (χ1) is 8.95. The van der Waals surface area contributed by atoms with E-state index in [0.29, 0.717) is 18.6 Å². The maximum atomic E-state index is 11.2. The summed E-state index contributed by atoms with van der Waals surface area (Å²) in [5.74, 6) is 1.15. The van der Waals surface area contributed by atoms with Gasteiger partial charge in [0.15, 0.2) is 0 Å². The minimum atomic E-state index is -0.269. The molecular formula is C15H19ClO3. The zero-order valence-corrected chi connectivity index (χ0v) is 12.3. The van der Waals surface area contributed by atoms with Crippen LogP contribution in [0.25, 0.3) is 0 Å². The Labute approximate surface area is 118 Å². The Balaban J connectivity index is 0.000000258. The molecule has 0 amide bonds. The predicted octanol–water partition coefficient (Wildman–Crippen LogP) is 3.16. The molecule has 3 nitrogen and oxygen atoms in total. The number of fused-ring (bicyclic) bond motifs is 1. The average molecular weight is 283 g/mol. The van der Waals surface area contributed by atoms with Crippen LogP contribution in [0.15, 0.2) is 18.2 Å². The van der Waals surface area contributed by atoms with Gasteiger partial charge in [-0.05, 0) is 29.7 Å². The number of methoxy groups -OCH3 is 1. The van der Waals surface area contributed by atoms with Crippen LogP contribution in [-0.2, 0) is 22.4 Å². The lowest BCUT2D eigenvalue weighted by molar-refractivity contribution is -0.118. The molecule has 0 unspecified atom stereocenters. The van der Waals surface area contributed by atoms with Crippen molar-refractivity contribution in [1.82, 2.24) is 0 Å². The number of rotatable bonds is 2. The number of aryl methyl sites for hydroxylation is 1. The van der Waals surface area contributed by atoms with Crippen LogP contribution in [0.1, 0.15) is 31.4 Å². The minimum absolute atomic E-state index is 0.0216. The van der Waals surface area contributed by atoms with Gasteiger partial charge in [0.25, 0.3) is 0 Å².